The molecule has 1 saturated heterocycles. The number of halogens is 1. The van der Waals surface area contributed by atoms with Crippen LogP contribution in [0.1, 0.15) is 26.5 Å². The average molecular weight is 362 g/mol. The van der Waals surface area contributed by atoms with Crippen molar-refractivity contribution in [1.29, 1.82) is 0 Å². The Morgan fingerprint density at radius 2 is 2.05 bits per heavy atom. The van der Waals surface area contributed by atoms with Gasteiger partial charge in [0.05, 0.1) is 5.69 Å². The molecule has 1 aliphatic heterocycles. The van der Waals surface area contributed by atoms with Crippen LogP contribution in [0.2, 0.25) is 0 Å². The molecule has 5 nitrogen and oxygen atoms in total. The maximum Gasteiger partial charge on any atom is 0.410 e. The molecule has 1 amide bonds. The quantitative estimate of drug-likeness (QED) is 0.812. The minimum absolute atomic E-state index is 0.214. The Bertz CT molecular complexity index is 464. The molecule has 0 spiro atoms. The smallest absolute Gasteiger partial charge is 0.410 e. The molecule has 0 N–H and O–H groups in total. The van der Waals surface area contributed by atoms with E-state index in [1.54, 1.807) is 16.2 Å². The summed E-state index contributed by atoms with van der Waals surface area (Å²) in [6.07, 6.45) is -0.214. The largest absolute Gasteiger partial charge is 0.444 e. The van der Waals surface area contributed by atoms with Crippen molar-refractivity contribution in [3.63, 3.8) is 0 Å². The molecule has 0 atom stereocenters. The Kier molecular flexibility index (Phi) is 5.04. The van der Waals surface area contributed by atoms with Crippen molar-refractivity contribution < 1.29 is 9.53 Å². The lowest BCUT2D eigenvalue weighted by Crippen LogP contribution is -2.49. The highest BCUT2D eigenvalue weighted by Gasteiger charge is 2.25. The second-order valence-electron chi connectivity index (χ2n) is 5.84. The first kappa shape index (κ1) is 15.7. The number of rotatable bonds is 2. The van der Waals surface area contributed by atoms with E-state index < -0.39 is 5.60 Å². The predicted octanol–water partition coefficient (Wildman–Crippen LogP) is 2.96. The fourth-order valence-electron chi connectivity index (χ4n) is 2.00. The molecule has 7 heteroatoms. The molecule has 1 fully saturated rings. The van der Waals surface area contributed by atoms with Gasteiger partial charge in [0.2, 0.25) is 0 Å². The van der Waals surface area contributed by atoms with Gasteiger partial charge in [-0.05, 0) is 36.7 Å². The molecule has 2 heterocycles. The zero-order chi connectivity index (χ0) is 14.8. The molecule has 20 heavy (non-hydrogen) atoms. The number of ether oxygens (including phenoxy) is 1. The minimum atomic E-state index is -0.429. The summed E-state index contributed by atoms with van der Waals surface area (Å²) in [7, 11) is 0. The number of hydrogen-bond donors (Lipinski definition) is 0. The summed E-state index contributed by atoms with van der Waals surface area (Å²) in [5.41, 5.74) is 0.647. The van der Waals surface area contributed by atoms with E-state index in [2.05, 4.69) is 31.2 Å². The van der Waals surface area contributed by atoms with Crippen LogP contribution < -0.4 is 0 Å². The van der Waals surface area contributed by atoms with E-state index in [0.29, 0.717) is 13.1 Å². The fraction of sp³-hybridized carbons (Fsp3) is 0.692. The number of hydrogen-bond acceptors (Lipinski definition) is 5. The summed E-state index contributed by atoms with van der Waals surface area (Å²) in [6.45, 7) is 9.64. The van der Waals surface area contributed by atoms with Crippen LogP contribution in [0.4, 0.5) is 4.79 Å². The van der Waals surface area contributed by atoms with Gasteiger partial charge in [-0.2, -0.15) is 0 Å². The van der Waals surface area contributed by atoms with Crippen LogP contribution in [0, 0.1) is 0 Å². The van der Waals surface area contributed by atoms with E-state index in [1.165, 1.54) is 0 Å². The van der Waals surface area contributed by atoms with Crippen molar-refractivity contribution in [3.05, 3.63) is 15.0 Å². The van der Waals surface area contributed by atoms with Gasteiger partial charge >= 0.3 is 6.09 Å². The number of carbonyl (C=O) groups excluding carboxylic acids is 1. The van der Waals surface area contributed by atoms with E-state index in [-0.39, 0.29) is 6.09 Å². The third-order valence-electron chi connectivity index (χ3n) is 2.93. The van der Waals surface area contributed by atoms with Crippen LogP contribution in [0.5, 0.6) is 0 Å². The summed E-state index contributed by atoms with van der Waals surface area (Å²) < 4.78 is 6.30. The van der Waals surface area contributed by atoms with Gasteiger partial charge in [-0.1, -0.05) is 0 Å². The van der Waals surface area contributed by atoms with Crippen LogP contribution in [0.25, 0.3) is 0 Å². The van der Waals surface area contributed by atoms with Gasteiger partial charge in [0.1, 0.15) is 5.60 Å². The molecule has 1 aromatic rings. The van der Waals surface area contributed by atoms with Gasteiger partial charge in [-0.3, -0.25) is 4.90 Å². The van der Waals surface area contributed by atoms with Crippen LogP contribution in [-0.4, -0.2) is 52.7 Å². The van der Waals surface area contributed by atoms with E-state index in [0.717, 1.165) is 29.2 Å². The van der Waals surface area contributed by atoms with Gasteiger partial charge < -0.3 is 9.64 Å². The Labute approximate surface area is 132 Å². The molecule has 112 valence electrons. The first-order chi connectivity index (χ1) is 9.33. The van der Waals surface area contributed by atoms with Crippen LogP contribution >= 0.6 is 27.3 Å². The lowest BCUT2D eigenvalue weighted by molar-refractivity contribution is 0.0138. The maximum absolute atomic E-state index is 12.0. The molecule has 0 unspecified atom stereocenters. The highest BCUT2D eigenvalue weighted by atomic mass is 79.9. The van der Waals surface area contributed by atoms with E-state index in [4.69, 9.17) is 4.74 Å². The van der Waals surface area contributed by atoms with E-state index in [1.807, 2.05) is 20.8 Å². The summed E-state index contributed by atoms with van der Waals surface area (Å²) in [4.78, 5) is 20.4. The second-order valence-corrected chi connectivity index (χ2v) is 7.97. The Morgan fingerprint density at radius 1 is 1.40 bits per heavy atom. The van der Waals surface area contributed by atoms with Crippen LogP contribution in [0.3, 0.4) is 0 Å². The van der Waals surface area contributed by atoms with Crippen LogP contribution in [0.15, 0.2) is 9.30 Å². The molecule has 0 radical (unpaired) electrons. The van der Waals surface area contributed by atoms with Crippen molar-refractivity contribution in [3.8, 4) is 0 Å². The molecule has 1 aromatic heterocycles. The Morgan fingerprint density at radius 3 is 2.55 bits per heavy atom. The van der Waals surface area contributed by atoms with Crippen molar-refractivity contribution in [2.45, 2.75) is 32.9 Å². The molecular weight excluding hydrogens is 342 g/mol. The monoisotopic (exact) mass is 361 g/mol. The van der Waals surface area contributed by atoms with Gasteiger partial charge in [0, 0.05) is 38.1 Å². The number of nitrogens with zero attached hydrogens (tertiary/aromatic N) is 3. The van der Waals surface area contributed by atoms with Gasteiger partial charge in [-0.25, -0.2) is 9.78 Å². The topological polar surface area (TPSA) is 45.7 Å². The molecule has 2 rings (SSSR count). The predicted molar refractivity (Wildman–Crippen MR) is 82.9 cm³/mol. The maximum atomic E-state index is 12.0. The lowest BCUT2D eigenvalue weighted by Gasteiger charge is -2.35. The van der Waals surface area contributed by atoms with Crippen LogP contribution in [-0.2, 0) is 11.3 Å². The molecule has 0 saturated carbocycles. The van der Waals surface area contributed by atoms with Crippen molar-refractivity contribution in [2.24, 2.45) is 0 Å². The highest BCUT2D eigenvalue weighted by Crippen LogP contribution is 2.18. The van der Waals surface area contributed by atoms with Crippen molar-refractivity contribution >= 4 is 33.4 Å². The summed E-state index contributed by atoms with van der Waals surface area (Å²) >= 11 is 4.97. The third-order valence-corrected chi connectivity index (χ3v) is 4.35. The highest BCUT2D eigenvalue weighted by molar-refractivity contribution is 9.11. The first-order valence-electron chi connectivity index (χ1n) is 6.64. The average Bonchev–Trinajstić information content (AvgIpc) is 2.73. The van der Waals surface area contributed by atoms with E-state index >= 15 is 0 Å². The SMILES string of the molecule is CC(C)(C)OC(=O)N1CCN(Cc2csc(Br)n2)CC1. The molecule has 0 aliphatic carbocycles. The molecule has 0 bridgehead atoms. The lowest BCUT2D eigenvalue weighted by atomic mass is 10.2. The zero-order valence-electron chi connectivity index (χ0n) is 12.1. The number of piperazine rings is 1. The number of thiazole rings is 1. The summed E-state index contributed by atoms with van der Waals surface area (Å²) in [5, 5.41) is 2.06. The second kappa shape index (κ2) is 6.41. The standard InChI is InChI=1S/C13H20BrN3O2S/c1-13(2,3)19-12(18)17-6-4-16(5-7-17)8-10-9-20-11(14)15-10/h9H,4-8H2,1-3H3. The van der Waals surface area contributed by atoms with E-state index in [9.17, 15) is 4.79 Å². The van der Waals surface area contributed by atoms with Crippen molar-refractivity contribution in [2.75, 3.05) is 26.2 Å². The zero-order valence-corrected chi connectivity index (χ0v) is 14.5. The molecule has 0 aromatic carbocycles. The Hall–Kier alpha value is -0.660. The van der Waals surface area contributed by atoms with Gasteiger partial charge in [0.25, 0.3) is 0 Å². The fourth-order valence-corrected chi connectivity index (χ4v) is 3.04. The number of aromatic nitrogens is 1. The molecular formula is C13H20BrN3O2S. The van der Waals surface area contributed by atoms with Crippen molar-refractivity contribution in [1.82, 2.24) is 14.8 Å². The summed E-state index contributed by atoms with van der Waals surface area (Å²) in [6, 6.07) is 0. The first-order valence-corrected chi connectivity index (χ1v) is 8.31. The Balaban J connectivity index is 1.79. The number of carbonyl (C=O) groups is 1. The minimum Gasteiger partial charge on any atom is -0.444 e. The number of amides is 1. The van der Waals surface area contributed by atoms with Gasteiger partial charge in [-0.15, -0.1) is 11.3 Å². The normalized spacial score (nSPS) is 17.3. The third kappa shape index (κ3) is 4.71. The molecule has 1 aliphatic rings. The van der Waals surface area contributed by atoms with Gasteiger partial charge in [0.15, 0.2) is 3.92 Å². The summed E-state index contributed by atoms with van der Waals surface area (Å²) in [5.74, 6) is 0.